The second-order valence-corrected chi connectivity index (χ2v) is 6.10. The van der Waals surface area contributed by atoms with Crippen molar-refractivity contribution in [3.63, 3.8) is 0 Å². The molecule has 1 aliphatic heterocycles. The van der Waals surface area contributed by atoms with E-state index in [1.165, 1.54) is 0 Å². The van der Waals surface area contributed by atoms with Gasteiger partial charge in [-0.1, -0.05) is 13.8 Å². The van der Waals surface area contributed by atoms with Crippen LogP contribution in [0.2, 0.25) is 0 Å². The summed E-state index contributed by atoms with van der Waals surface area (Å²) in [6.07, 6.45) is 5.78. The van der Waals surface area contributed by atoms with Crippen molar-refractivity contribution in [2.45, 2.75) is 33.5 Å². The zero-order valence-corrected chi connectivity index (χ0v) is 13.6. The molecule has 0 radical (unpaired) electrons. The molecule has 1 aliphatic rings. The summed E-state index contributed by atoms with van der Waals surface area (Å²) in [7, 11) is 0. The molecule has 0 bridgehead atoms. The topological polar surface area (TPSA) is 37.4 Å². The van der Waals surface area contributed by atoms with E-state index in [4.69, 9.17) is 4.42 Å². The van der Waals surface area contributed by atoms with Gasteiger partial charge in [0.1, 0.15) is 11.6 Å². The SMILES string of the molecule is CCN(CC)C[C@@H]1CN(Cc2ccco2)Cc2nccn2C1. The lowest BCUT2D eigenvalue weighted by atomic mass is 10.1. The second-order valence-electron chi connectivity index (χ2n) is 6.10. The molecule has 0 amide bonds. The molecule has 0 aromatic carbocycles. The number of imidazole rings is 1. The van der Waals surface area contributed by atoms with Gasteiger partial charge in [-0.2, -0.15) is 0 Å². The normalized spacial score (nSPS) is 19.3. The summed E-state index contributed by atoms with van der Waals surface area (Å²) in [4.78, 5) is 9.50. The predicted molar refractivity (Wildman–Crippen MR) is 86.3 cm³/mol. The van der Waals surface area contributed by atoms with Gasteiger partial charge in [0.25, 0.3) is 0 Å². The van der Waals surface area contributed by atoms with Crippen LogP contribution in [-0.2, 0) is 19.6 Å². The van der Waals surface area contributed by atoms with E-state index in [1.54, 1.807) is 6.26 Å². The van der Waals surface area contributed by atoms with E-state index in [-0.39, 0.29) is 0 Å². The fourth-order valence-electron chi connectivity index (χ4n) is 3.33. The van der Waals surface area contributed by atoms with Crippen LogP contribution in [0.5, 0.6) is 0 Å². The average molecular weight is 302 g/mol. The van der Waals surface area contributed by atoms with Crippen LogP contribution in [0.15, 0.2) is 35.2 Å². The third-order valence-electron chi connectivity index (χ3n) is 4.51. The van der Waals surface area contributed by atoms with E-state index >= 15 is 0 Å². The van der Waals surface area contributed by atoms with Crippen LogP contribution in [0.3, 0.4) is 0 Å². The first-order chi connectivity index (χ1) is 10.8. The van der Waals surface area contributed by atoms with Crippen LogP contribution in [0, 0.1) is 5.92 Å². The average Bonchev–Trinajstić information content (AvgIpc) is 3.14. The van der Waals surface area contributed by atoms with E-state index in [9.17, 15) is 0 Å². The number of furan rings is 1. The highest BCUT2D eigenvalue weighted by Gasteiger charge is 2.24. The van der Waals surface area contributed by atoms with E-state index < -0.39 is 0 Å². The lowest BCUT2D eigenvalue weighted by molar-refractivity contribution is 0.167. The minimum Gasteiger partial charge on any atom is -0.468 e. The fourth-order valence-corrected chi connectivity index (χ4v) is 3.33. The molecule has 2 aromatic rings. The van der Waals surface area contributed by atoms with Crippen molar-refractivity contribution in [2.24, 2.45) is 5.92 Å². The van der Waals surface area contributed by atoms with Gasteiger partial charge in [0.05, 0.1) is 19.4 Å². The molecule has 1 atom stereocenters. The highest BCUT2D eigenvalue weighted by Crippen LogP contribution is 2.19. The summed E-state index contributed by atoms with van der Waals surface area (Å²) in [5, 5.41) is 0. The van der Waals surface area contributed by atoms with Gasteiger partial charge in [0.15, 0.2) is 0 Å². The van der Waals surface area contributed by atoms with Crippen LogP contribution < -0.4 is 0 Å². The van der Waals surface area contributed by atoms with E-state index in [2.05, 4.69) is 45.5 Å². The molecule has 3 heterocycles. The Kier molecular flexibility index (Phi) is 4.95. The molecular weight excluding hydrogens is 276 g/mol. The van der Waals surface area contributed by atoms with Crippen LogP contribution >= 0.6 is 0 Å². The second kappa shape index (κ2) is 7.11. The van der Waals surface area contributed by atoms with Crippen molar-refractivity contribution in [2.75, 3.05) is 26.2 Å². The standard InChI is InChI=1S/C17H26N4O/c1-3-19(4-2)10-15-11-20(13-16-6-5-9-22-16)14-17-18-7-8-21(17)12-15/h5-9,15H,3-4,10-14H2,1-2H3/t15-/m1/s1. The first-order valence-electron chi connectivity index (χ1n) is 8.25. The zero-order valence-electron chi connectivity index (χ0n) is 13.6. The molecule has 2 aromatic heterocycles. The Labute approximate surface area is 132 Å². The van der Waals surface area contributed by atoms with Gasteiger partial charge >= 0.3 is 0 Å². The highest BCUT2D eigenvalue weighted by molar-refractivity contribution is 5.01. The quantitative estimate of drug-likeness (QED) is 0.821. The molecule has 0 spiro atoms. The maximum absolute atomic E-state index is 5.53. The summed E-state index contributed by atoms with van der Waals surface area (Å²) in [5.41, 5.74) is 0. The molecule has 0 saturated carbocycles. The fraction of sp³-hybridized carbons (Fsp3) is 0.588. The first-order valence-corrected chi connectivity index (χ1v) is 8.25. The zero-order chi connectivity index (χ0) is 15.4. The first kappa shape index (κ1) is 15.3. The molecule has 5 nitrogen and oxygen atoms in total. The van der Waals surface area contributed by atoms with Gasteiger partial charge in [-0.3, -0.25) is 4.90 Å². The molecule has 0 saturated heterocycles. The lowest BCUT2D eigenvalue weighted by Gasteiger charge is -2.27. The van der Waals surface area contributed by atoms with Crippen LogP contribution in [0.25, 0.3) is 0 Å². The third-order valence-corrected chi connectivity index (χ3v) is 4.51. The van der Waals surface area contributed by atoms with Gasteiger partial charge in [-0.15, -0.1) is 0 Å². The maximum Gasteiger partial charge on any atom is 0.122 e. The van der Waals surface area contributed by atoms with Crippen LogP contribution in [-0.4, -0.2) is 45.5 Å². The Morgan fingerprint density at radius 1 is 1.32 bits per heavy atom. The summed E-state index contributed by atoms with van der Waals surface area (Å²) in [6, 6.07) is 4.01. The van der Waals surface area contributed by atoms with Crippen molar-refractivity contribution in [3.05, 3.63) is 42.4 Å². The lowest BCUT2D eigenvalue weighted by Crippen LogP contribution is -2.36. The summed E-state index contributed by atoms with van der Waals surface area (Å²) >= 11 is 0. The molecule has 0 unspecified atom stereocenters. The summed E-state index contributed by atoms with van der Waals surface area (Å²) in [6.45, 7) is 11.7. The largest absolute Gasteiger partial charge is 0.468 e. The number of hydrogen-bond acceptors (Lipinski definition) is 4. The van der Waals surface area contributed by atoms with E-state index in [0.717, 1.165) is 57.4 Å². The highest BCUT2D eigenvalue weighted by atomic mass is 16.3. The number of nitrogens with zero attached hydrogens (tertiary/aromatic N) is 4. The van der Waals surface area contributed by atoms with Gasteiger partial charge in [0.2, 0.25) is 0 Å². The number of aromatic nitrogens is 2. The Hall–Kier alpha value is -1.59. The van der Waals surface area contributed by atoms with Crippen LogP contribution in [0.1, 0.15) is 25.4 Å². The Morgan fingerprint density at radius 3 is 2.91 bits per heavy atom. The summed E-state index contributed by atoms with van der Waals surface area (Å²) in [5.74, 6) is 2.81. The predicted octanol–water partition coefficient (Wildman–Crippen LogP) is 2.45. The van der Waals surface area contributed by atoms with E-state index in [0.29, 0.717) is 5.92 Å². The smallest absolute Gasteiger partial charge is 0.122 e. The van der Waals surface area contributed by atoms with Gasteiger partial charge in [-0.05, 0) is 25.2 Å². The molecule has 0 fully saturated rings. The monoisotopic (exact) mass is 302 g/mol. The minimum absolute atomic E-state index is 0.616. The number of hydrogen-bond donors (Lipinski definition) is 0. The molecule has 3 rings (SSSR count). The molecule has 5 heteroatoms. The van der Waals surface area contributed by atoms with Crippen molar-refractivity contribution >= 4 is 0 Å². The molecule has 0 aliphatic carbocycles. The van der Waals surface area contributed by atoms with Gasteiger partial charge < -0.3 is 13.9 Å². The van der Waals surface area contributed by atoms with Gasteiger partial charge in [0, 0.05) is 37.9 Å². The number of fused-ring (bicyclic) bond motifs is 1. The van der Waals surface area contributed by atoms with Crippen molar-refractivity contribution in [1.29, 1.82) is 0 Å². The maximum atomic E-state index is 5.53. The Bertz CT molecular complexity index is 559. The molecular formula is C17H26N4O. The van der Waals surface area contributed by atoms with Gasteiger partial charge in [-0.25, -0.2) is 4.98 Å². The van der Waals surface area contributed by atoms with Crippen molar-refractivity contribution in [1.82, 2.24) is 19.4 Å². The van der Waals surface area contributed by atoms with Crippen molar-refractivity contribution < 1.29 is 4.42 Å². The van der Waals surface area contributed by atoms with E-state index in [1.807, 2.05) is 12.3 Å². The number of rotatable bonds is 6. The summed E-state index contributed by atoms with van der Waals surface area (Å²) < 4.78 is 7.84. The molecule has 120 valence electrons. The minimum atomic E-state index is 0.616. The van der Waals surface area contributed by atoms with Crippen LogP contribution in [0.4, 0.5) is 0 Å². The third kappa shape index (κ3) is 3.59. The Morgan fingerprint density at radius 2 is 2.18 bits per heavy atom. The Balaban J connectivity index is 1.73. The van der Waals surface area contributed by atoms with Crippen molar-refractivity contribution in [3.8, 4) is 0 Å². The molecule has 0 N–H and O–H groups in total. The molecule has 22 heavy (non-hydrogen) atoms.